The lowest BCUT2D eigenvalue weighted by molar-refractivity contribution is 0.566. The Morgan fingerprint density at radius 3 is 2.59 bits per heavy atom. The number of nitrogens with zero attached hydrogens (tertiary/aromatic N) is 4. The summed E-state index contributed by atoms with van der Waals surface area (Å²) in [6.45, 7) is 5.90. The normalized spacial score (nSPS) is 11.3. The van der Waals surface area contributed by atoms with Gasteiger partial charge in [0, 0.05) is 55.6 Å². The maximum atomic E-state index is 6.22. The zero-order chi connectivity index (χ0) is 19.4. The molecule has 3 aromatic rings. The van der Waals surface area contributed by atoms with Gasteiger partial charge in [-0.2, -0.15) is 0 Å². The van der Waals surface area contributed by atoms with E-state index in [9.17, 15) is 0 Å². The Morgan fingerprint density at radius 2 is 1.93 bits per heavy atom. The van der Waals surface area contributed by atoms with Gasteiger partial charge in [0.1, 0.15) is 5.82 Å². The number of pyridine rings is 1. The van der Waals surface area contributed by atoms with E-state index in [0.29, 0.717) is 11.6 Å². The minimum absolute atomic E-state index is 0.436. The van der Waals surface area contributed by atoms with Crippen molar-refractivity contribution in [3.05, 3.63) is 78.9 Å². The minimum Gasteiger partial charge on any atom is -0.383 e. The Bertz CT molecular complexity index is 1010. The van der Waals surface area contributed by atoms with Gasteiger partial charge in [-0.15, -0.1) is 0 Å². The fourth-order valence-corrected chi connectivity index (χ4v) is 2.82. The second-order valence-corrected chi connectivity index (χ2v) is 6.58. The second kappa shape index (κ2) is 7.83. The van der Waals surface area contributed by atoms with E-state index >= 15 is 0 Å². The van der Waals surface area contributed by atoms with Crippen molar-refractivity contribution in [2.24, 2.45) is 0 Å². The number of anilines is 1. The predicted molar refractivity (Wildman–Crippen MR) is 112 cm³/mol. The molecule has 0 aliphatic carbocycles. The highest BCUT2D eigenvalue weighted by Gasteiger charge is 2.10. The summed E-state index contributed by atoms with van der Waals surface area (Å²) in [6.07, 6.45) is 9.19. The number of benzene rings is 1. The van der Waals surface area contributed by atoms with E-state index < -0.39 is 0 Å². The van der Waals surface area contributed by atoms with Crippen LogP contribution >= 0.6 is 0 Å². The molecule has 2 aromatic heterocycles. The van der Waals surface area contributed by atoms with Gasteiger partial charge in [0.15, 0.2) is 5.82 Å². The Kier molecular flexibility index (Phi) is 5.31. The zero-order valence-electron chi connectivity index (χ0n) is 15.8. The van der Waals surface area contributed by atoms with Crippen molar-refractivity contribution < 1.29 is 0 Å². The van der Waals surface area contributed by atoms with Crippen LogP contribution < -0.4 is 5.73 Å². The number of allylic oxidation sites excluding steroid dienone is 2. The average Bonchev–Trinajstić information content (AvgIpc) is 2.66. The van der Waals surface area contributed by atoms with E-state index in [2.05, 4.69) is 21.5 Å². The highest BCUT2D eigenvalue weighted by molar-refractivity contribution is 5.77. The smallest absolute Gasteiger partial charge is 0.161 e. The molecule has 0 atom stereocenters. The molecular formula is C22H23N5. The van der Waals surface area contributed by atoms with E-state index in [1.807, 2.05) is 68.5 Å². The van der Waals surface area contributed by atoms with Gasteiger partial charge in [-0.25, -0.2) is 9.97 Å². The second-order valence-electron chi connectivity index (χ2n) is 6.58. The molecule has 0 bridgehead atoms. The molecule has 0 radical (unpaired) electrons. The molecule has 136 valence electrons. The van der Waals surface area contributed by atoms with Crippen molar-refractivity contribution in [2.75, 3.05) is 19.8 Å². The highest BCUT2D eigenvalue weighted by Crippen LogP contribution is 2.27. The lowest BCUT2D eigenvalue weighted by atomic mass is 10.0. The largest absolute Gasteiger partial charge is 0.383 e. The quantitative estimate of drug-likeness (QED) is 0.694. The highest BCUT2D eigenvalue weighted by atomic mass is 15.0. The summed E-state index contributed by atoms with van der Waals surface area (Å²) in [5.74, 6) is 1.03. The van der Waals surface area contributed by atoms with Crippen LogP contribution in [0.1, 0.15) is 11.1 Å². The molecule has 3 rings (SSSR count). The molecule has 2 heterocycles. The SMILES string of the molecule is C=C/C(=C\N(C)C)c1cccc(-c2ncc(-c3cncc(C)c3)c(N)n2)c1. The number of rotatable bonds is 5. The molecule has 27 heavy (non-hydrogen) atoms. The van der Waals surface area contributed by atoms with Gasteiger partial charge in [0.25, 0.3) is 0 Å². The van der Waals surface area contributed by atoms with Gasteiger partial charge in [0.2, 0.25) is 0 Å². The van der Waals surface area contributed by atoms with E-state index in [4.69, 9.17) is 5.73 Å². The van der Waals surface area contributed by atoms with Crippen LogP contribution in [0.2, 0.25) is 0 Å². The van der Waals surface area contributed by atoms with Gasteiger partial charge < -0.3 is 10.6 Å². The Morgan fingerprint density at radius 1 is 1.11 bits per heavy atom. The van der Waals surface area contributed by atoms with Crippen LogP contribution in [0.5, 0.6) is 0 Å². The maximum Gasteiger partial charge on any atom is 0.161 e. The molecule has 0 unspecified atom stereocenters. The van der Waals surface area contributed by atoms with E-state index in [0.717, 1.165) is 33.4 Å². The summed E-state index contributed by atoms with van der Waals surface area (Å²) in [4.78, 5) is 15.3. The molecule has 2 N–H and O–H groups in total. The zero-order valence-corrected chi connectivity index (χ0v) is 15.8. The number of aromatic nitrogens is 3. The summed E-state index contributed by atoms with van der Waals surface area (Å²) >= 11 is 0. The molecule has 0 fully saturated rings. The molecule has 0 saturated carbocycles. The first-order valence-electron chi connectivity index (χ1n) is 8.64. The number of aryl methyl sites for hydroxylation is 1. The lowest BCUT2D eigenvalue weighted by Gasteiger charge is -2.11. The van der Waals surface area contributed by atoms with Crippen molar-refractivity contribution in [1.82, 2.24) is 19.9 Å². The van der Waals surface area contributed by atoms with Gasteiger partial charge in [0.05, 0.1) is 0 Å². The van der Waals surface area contributed by atoms with Crippen molar-refractivity contribution >= 4 is 11.4 Å². The Balaban J connectivity index is 1.99. The van der Waals surface area contributed by atoms with E-state index in [1.54, 1.807) is 18.6 Å². The molecule has 0 aliphatic rings. The molecule has 0 saturated heterocycles. The van der Waals surface area contributed by atoms with Crippen LogP contribution in [-0.2, 0) is 0 Å². The van der Waals surface area contributed by atoms with Crippen molar-refractivity contribution in [3.8, 4) is 22.5 Å². The fourth-order valence-electron chi connectivity index (χ4n) is 2.82. The van der Waals surface area contributed by atoms with E-state index in [1.165, 1.54) is 0 Å². The van der Waals surface area contributed by atoms with Crippen molar-refractivity contribution in [1.29, 1.82) is 0 Å². The fraction of sp³-hybridized carbons (Fsp3) is 0.136. The summed E-state index contributed by atoms with van der Waals surface area (Å²) in [6, 6.07) is 10.1. The van der Waals surface area contributed by atoms with Crippen LogP contribution in [-0.4, -0.2) is 33.9 Å². The predicted octanol–water partition coefficient (Wildman–Crippen LogP) is 4.18. The third-order valence-electron chi connectivity index (χ3n) is 4.08. The molecule has 5 nitrogen and oxygen atoms in total. The third kappa shape index (κ3) is 4.20. The van der Waals surface area contributed by atoms with Gasteiger partial charge >= 0.3 is 0 Å². The van der Waals surface area contributed by atoms with Crippen LogP contribution in [0.15, 0.2) is 67.8 Å². The van der Waals surface area contributed by atoms with Gasteiger partial charge in [-0.05, 0) is 35.8 Å². The minimum atomic E-state index is 0.436. The standard InChI is InChI=1S/C22H23N5/c1-5-16(14-27(3)4)17-7-6-8-18(10-17)22-25-13-20(21(23)26-22)19-9-15(2)11-24-12-19/h5-14H,1H2,2-4H3,(H2,23,25,26)/b16-14+. The summed E-state index contributed by atoms with van der Waals surface area (Å²) < 4.78 is 0. The number of nitrogen functional groups attached to an aromatic ring is 1. The van der Waals surface area contributed by atoms with E-state index in [-0.39, 0.29) is 0 Å². The van der Waals surface area contributed by atoms with Gasteiger partial charge in [-0.3, -0.25) is 4.98 Å². The Labute approximate surface area is 159 Å². The topological polar surface area (TPSA) is 67.9 Å². The first-order valence-corrected chi connectivity index (χ1v) is 8.64. The molecule has 1 aromatic carbocycles. The summed E-state index contributed by atoms with van der Waals surface area (Å²) in [7, 11) is 3.96. The van der Waals surface area contributed by atoms with Crippen LogP contribution in [0, 0.1) is 6.92 Å². The number of nitrogens with two attached hydrogens (primary N) is 1. The maximum absolute atomic E-state index is 6.22. The third-order valence-corrected chi connectivity index (χ3v) is 4.08. The number of hydrogen-bond donors (Lipinski definition) is 1. The molecule has 0 aliphatic heterocycles. The van der Waals surface area contributed by atoms with Gasteiger partial charge in [-0.1, -0.05) is 30.9 Å². The monoisotopic (exact) mass is 357 g/mol. The molecular weight excluding hydrogens is 334 g/mol. The summed E-state index contributed by atoms with van der Waals surface area (Å²) in [5.41, 5.74) is 12.0. The van der Waals surface area contributed by atoms with Crippen molar-refractivity contribution in [3.63, 3.8) is 0 Å². The Hall–Kier alpha value is -3.47. The van der Waals surface area contributed by atoms with Crippen LogP contribution in [0.4, 0.5) is 5.82 Å². The van der Waals surface area contributed by atoms with Crippen LogP contribution in [0.25, 0.3) is 28.1 Å². The average molecular weight is 357 g/mol. The van der Waals surface area contributed by atoms with Crippen molar-refractivity contribution in [2.45, 2.75) is 6.92 Å². The van der Waals surface area contributed by atoms with Crippen LogP contribution in [0.3, 0.4) is 0 Å². The number of hydrogen-bond acceptors (Lipinski definition) is 5. The molecule has 0 amide bonds. The lowest BCUT2D eigenvalue weighted by Crippen LogP contribution is -2.02. The molecule has 0 spiro atoms. The summed E-state index contributed by atoms with van der Waals surface area (Å²) in [5, 5.41) is 0. The first kappa shape index (κ1) is 18.3. The molecule has 5 heteroatoms. The first-order chi connectivity index (χ1) is 13.0.